The van der Waals surface area contributed by atoms with Gasteiger partial charge in [0.15, 0.2) is 17.4 Å². The Morgan fingerprint density at radius 2 is 1.90 bits per heavy atom. The first kappa shape index (κ1) is 16.2. The zero-order valence-corrected chi connectivity index (χ0v) is 11.3. The summed E-state index contributed by atoms with van der Waals surface area (Å²) >= 11 is 0. The van der Waals surface area contributed by atoms with Crippen molar-refractivity contribution in [2.45, 2.75) is 38.8 Å². The van der Waals surface area contributed by atoms with Gasteiger partial charge in [0.05, 0.1) is 6.04 Å². The number of Topliss-reactive ketones (excluding diaryl/α,β-unsaturated/α-hetero) is 1. The van der Waals surface area contributed by atoms with Gasteiger partial charge in [0.1, 0.15) is 0 Å². The maximum absolute atomic E-state index is 13.1. The van der Waals surface area contributed by atoms with Crippen molar-refractivity contribution in [2.75, 3.05) is 0 Å². The highest BCUT2D eigenvalue weighted by Crippen LogP contribution is 2.13. The van der Waals surface area contributed by atoms with Gasteiger partial charge in [-0.25, -0.2) is 8.78 Å². The minimum atomic E-state index is -1.10. The van der Waals surface area contributed by atoms with Gasteiger partial charge in [-0.05, 0) is 24.6 Å². The first-order valence-corrected chi connectivity index (χ1v) is 6.28. The number of hydrogen-bond donors (Lipinski definition) is 2. The first-order valence-electron chi connectivity index (χ1n) is 6.28. The number of carboxylic acid groups (broad SMARTS) is 1. The second-order valence-corrected chi connectivity index (χ2v) is 4.80. The van der Waals surface area contributed by atoms with E-state index in [1.807, 2.05) is 13.8 Å². The summed E-state index contributed by atoms with van der Waals surface area (Å²) < 4.78 is 26.0. The SMILES string of the molecule is CC(C)NC(CCC(=O)O)C(=O)c1ccc(F)c(F)c1. The molecule has 0 saturated carbocycles. The summed E-state index contributed by atoms with van der Waals surface area (Å²) in [6.07, 6.45) is -0.0921. The smallest absolute Gasteiger partial charge is 0.303 e. The lowest BCUT2D eigenvalue weighted by atomic mass is 9.99. The first-order chi connectivity index (χ1) is 9.31. The number of carbonyl (C=O) groups is 2. The highest BCUT2D eigenvalue weighted by Gasteiger charge is 2.22. The maximum atomic E-state index is 13.1. The second kappa shape index (κ2) is 7.09. The zero-order valence-electron chi connectivity index (χ0n) is 11.3. The maximum Gasteiger partial charge on any atom is 0.303 e. The summed E-state index contributed by atoms with van der Waals surface area (Å²) in [6.45, 7) is 3.62. The van der Waals surface area contributed by atoms with Crippen molar-refractivity contribution >= 4 is 11.8 Å². The third-order valence-corrected chi connectivity index (χ3v) is 2.70. The molecule has 0 aromatic heterocycles. The van der Waals surface area contributed by atoms with E-state index in [1.165, 1.54) is 6.07 Å². The normalized spacial score (nSPS) is 12.4. The second-order valence-electron chi connectivity index (χ2n) is 4.80. The van der Waals surface area contributed by atoms with E-state index in [9.17, 15) is 18.4 Å². The number of benzene rings is 1. The molecule has 20 heavy (non-hydrogen) atoms. The van der Waals surface area contributed by atoms with Crippen molar-refractivity contribution in [1.29, 1.82) is 0 Å². The van der Waals surface area contributed by atoms with Crippen molar-refractivity contribution < 1.29 is 23.5 Å². The highest BCUT2D eigenvalue weighted by atomic mass is 19.2. The molecule has 1 atom stereocenters. The van der Waals surface area contributed by atoms with E-state index in [0.29, 0.717) is 0 Å². The molecule has 0 aliphatic rings. The number of halogens is 2. The summed E-state index contributed by atoms with van der Waals surface area (Å²) in [5.74, 6) is -3.59. The molecule has 1 aromatic rings. The molecule has 4 nitrogen and oxygen atoms in total. The monoisotopic (exact) mass is 285 g/mol. The fraction of sp³-hybridized carbons (Fsp3) is 0.429. The quantitative estimate of drug-likeness (QED) is 0.755. The average Bonchev–Trinajstić information content (AvgIpc) is 2.36. The molecule has 0 aliphatic carbocycles. The van der Waals surface area contributed by atoms with Gasteiger partial charge in [-0.15, -0.1) is 0 Å². The summed E-state index contributed by atoms with van der Waals surface area (Å²) in [4.78, 5) is 22.8. The Bertz CT molecular complexity index is 503. The molecule has 0 amide bonds. The van der Waals surface area contributed by atoms with Crippen molar-refractivity contribution in [1.82, 2.24) is 5.32 Å². The third kappa shape index (κ3) is 4.70. The Kier molecular flexibility index (Phi) is 5.76. The molecular formula is C14H17F2NO3. The van der Waals surface area contributed by atoms with Crippen LogP contribution in [-0.2, 0) is 4.79 Å². The Morgan fingerprint density at radius 1 is 1.25 bits per heavy atom. The molecule has 0 fully saturated rings. The standard InChI is InChI=1S/C14H17F2NO3/c1-8(2)17-12(5-6-13(18)19)14(20)9-3-4-10(15)11(16)7-9/h3-4,7-8,12,17H,5-6H2,1-2H3,(H,18,19). The van der Waals surface area contributed by atoms with Crippen LogP contribution in [0.25, 0.3) is 0 Å². The lowest BCUT2D eigenvalue weighted by Crippen LogP contribution is -2.41. The predicted molar refractivity (Wildman–Crippen MR) is 69.6 cm³/mol. The average molecular weight is 285 g/mol. The fourth-order valence-corrected chi connectivity index (χ4v) is 1.81. The van der Waals surface area contributed by atoms with Gasteiger partial charge < -0.3 is 10.4 Å². The number of carboxylic acids is 1. The Labute approximate surface area is 115 Å². The minimum absolute atomic E-state index is 0.0208. The van der Waals surface area contributed by atoms with E-state index < -0.39 is 29.4 Å². The van der Waals surface area contributed by atoms with Crippen LogP contribution in [0.15, 0.2) is 18.2 Å². The van der Waals surface area contributed by atoms with Crippen LogP contribution in [0.3, 0.4) is 0 Å². The number of nitrogens with one attached hydrogen (secondary N) is 1. The molecule has 6 heteroatoms. The molecule has 1 unspecified atom stereocenters. The van der Waals surface area contributed by atoms with E-state index in [2.05, 4.69) is 5.32 Å². The van der Waals surface area contributed by atoms with E-state index >= 15 is 0 Å². The van der Waals surface area contributed by atoms with Crippen LogP contribution in [0, 0.1) is 11.6 Å². The van der Waals surface area contributed by atoms with Gasteiger partial charge in [0.25, 0.3) is 0 Å². The molecule has 2 N–H and O–H groups in total. The van der Waals surface area contributed by atoms with E-state index in [-0.39, 0.29) is 24.4 Å². The Morgan fingerprint density at radius 3 is 2.40 bits per heavy atom. The number of carbonyl (C=O) groups excluding carboxylic acids is 1. The van der Waals surface area contributed by atoms with Crippen LogP contribution in [0.4, 0.5) is 8.78 Å². The third-order valence-electron chi connectivity index (χ3n) is 2.70. The molecule has 0 heterocycles. The molecule has 1 rings (SSSR count). The van der Waals surface area contributed by atoms with E-state index in [0.717, 1.165) is 12.1 Å². The van der Waals surface area contributed by atoms with E-state index in [4.69, 9.17) is 5.11 Å². The molecule has 0 aliphatic heterocycles. The van der Waals surface area contributed by atoms with Gasteiger partial charge in [-0.1, -0.05) is 13.8 Å². The van der Waals surface area contributed by atoms with Crippen molar-refractivity contribution in [3.05, 3.63) is 35.4 Å². The largest absolute Gasteiger partial charge is 0.481 e. The van der Waals surface area contributed by atoms with Crippen LogP contribution < -0.4 is 5.32 Å². The molecular weight excluding hydrogens is 268 g/mol. The lowest BCUT2D eigenvalue weighted by molar-refractivity contribution is -0.137. The number of ketones is 1. The lowest BCUT2D eigenvalue weighted by Gasteiger charge is -2.19. The molecule has 110 valence electrons. The van der Waals surface area contributed by atoms with Crippen LogP contribution >= 0.6 is 0 Å². The van der Waals surface area contributed by atoms with Crippen molar-refractivity contribution in [2.24, 2.45) is 0 Å². The molecule has 0 saturated heterocycles. The van der Waals surface area contributed by atoms with Gasteiger partial charge in [-0.3, -0.25) is 9.59 Å². The van der Waals surface area contributed by atoms with Crippen LogP contribution in [0.1, 0.15) is 37.0 Å². The fourth-order valence-electron chi connectivity index (χ4n) is 1.81. The molecule has 0 bridgehead atoms. The van der Waals surface area contributed by atoms with Crippen LogP contribution in [0.2, 0.25) is 0 Å². The van der Waals surface area contributed by atoms with Gasteiger partial charge >= 0.3 is 5.97 Å². The van der Waals surface area contributed by atoms with Crippen molar-refractivity contribution in [3.63, 3.8) is 0 Å². The molecule has 1 aromatic carbocycles. The minimum Gasteiger partial charge on any atom is -0.481 e. The number of aliphatic carboxylic acids is 1. The number of hydrogen-bond acceptors (Lipinski definition) is 3. The Hall–Kier alpha value is -1.82. The zero-order chi connectivity index (χ0) is 15.3. The molecule has 0 spiro atoms. The summed E-state index contributed by atoms with van der Waals surface area (Å²) in [7, 11) is 0. The highest BCUT2D eigenvalue weighted by molar-refractivity contribution is 6.00. The topological polar surface area (TPSA) is 66.4 Å². The summed E-state index contributed by atoms with van der Waals surface area (Å²) in [6, 6.07) is 2.12. The van der Waals surface area contributed by atoms with Gasteiger partial charge in [0, 0.05) is 18.0 Å². The van der Waals surface area contributed by atoms with Crippen LogP contribution in [-0.4, -0.2) is 28.9 Å². The van der Waals surface area contributed by atoms with Gasteiger partial charge in [-0.2, -0.15) is 0 Å². The van der Waals surface area contributed by atoms with E-state index in [1.54, 1.807) is 0 Å². The number of rotatable bonds is 7. The summed E-state index contributed by atoms with van der Waals surface area (Å²) in [5.41, 5.74) is 0.0208. The Balaban J connectivity index is 2.90. The van der Waals surface area contributed by atoms with Crippen LogP contribution in [0.5, 0.6) is 0 Å². The van der Waals surface area contributed by atoms with Crippen molar-refractivity contribution in [3.8, 4) is 0 Å². The molecule has 0 radical (unpaired) electrons. The summed E-state index contributed by atoms with van der Waals surface area (Å²) in [5, 5.41) is 11.6. The van der Waals surface area contributed by atoms with Gasteiger partial charge in [0.2, 0.25) is 0 Å². The predicted octanol–water partition coefficient (Wildman–Crippen LogP) is 2.38.